The van der Waals surface area contributed by atoms with E-state index in [0.717, 1.165) is 25.9 Å². The van der Waals surface area contributed by atoms with Crippen molar-refractivity contribution in [3.05, 3.63) is 0 Å². The maximum atomic E-state index is 10.5. The number of thioether (sulfide) groups is 1. The molecule has 0 amide bonds. The maximum absolute atomic E-state index is 10.5. The van der Waals surface area contributed by atoms with Gasteiger partial charge in [0.1, 0.15) is 0 Å². The van der Waals surface area contributed by atoms with E-state index < -0.39 is 5.97 Å². The van der Waals surface area contributed by atoms with Crippen molar-refractivity contribution in [1.82, 2.24) is 25.1 Å². The molecule has 1 N–H and O–H groups in total. The van der Waals surface area contributed by atoms with Crippen LogP contribution in [-0.4, -0.2) is 62.1 Å². The van der Waals surface area contributed by atoms with E-state index in [1.54, 1.807) is 4.68 Å². The van der Waals surface area contributed by atoms with Crippen LogP contribution in [0.25, 0.3) is 0 Å². The normalized spacial score (nSPS) is 21.6. The second-order valence-electron chi connectivity index (χ2n) is 4.15. The molecule has 1 atom stereocenters. The second kappa shape index (κ2) is 5.46. The molecule has 1 aromatic rings. The third kappa shape index (κ3) is 3.16. The lowest BCUT2D eigenvalue weighted by Gasteiger charge is -2.29. The molecule has 1 aromatic heterocycles. The van der Waals surface area contributed by atoms with Crippen LogP contribution in [0.3, 0.4) is 0 Å². The Morgan fingerprint density at radius 2 is 2.47 bits per heavy atom. The summed E-state index contributed by atoms with van der Waals surface area (Å²) < 4.78 is 1.75. The van der Waals surface area contributed by atoms with Gasteiger partial charge in [-0.25, -0.2) is 4.68 Å². The fraction of sp³-hybridized carbons (Fsp3) is 0.778. The van der Waals surface area contributed by atoms with Gasteiger partial charge in [-0.2, -0.15) is 0 Å². The Morgan fingerprint density at radius 1 is 1.65 bits per heavy atom. The van der Waals surface area contributed by atoms with Gasteiger partial charge in [-0.3, -0.25) is 4.79 Å². The molecule has 8 heteroatoms. The number of carboxylic acids is 1. The minimum atomic E-state index is -0.856. The Hall–Kier alpha value is -1.15. The predicted octanol–water partition coefficient (Wildman–Crippen LogP) is 0.116. The molecule has 0 saturated carbocycles. The first-order chi connectivity index (χ1) is 8.16. The molecule has 0 aromatic carbocycles. The van der Waals surface area contributed by atoms with Crippen LogP contribution in [0.15, 0.2) is 5.16 Å². The number of aromatic nitrogens is 4. The summed E-state index contributed by atoms with van der Waals surface area (Å²) in [6, 6.07) is 0.250. The highest BCUT2D eigenvalue weighted by Crippen LogP contribution is 2.24. The van der Waals surface area contributed by atoms with Crippen LogP contribution in [0, 0.1) is 0 Å². The maximum Gasteiger partial charge on any atom is 0.313 e. The van der Waals surface area contributed by atoms with E-state index in [-0.39, 0.29) is 11.8 Å². The van der Waals surface area contributed by atoms with Gasteiger partial charge in [0.05, 0.1) is 11.8 Å². The van der Waals surface area contributed by atoms with Crippen molar-refractivity contribution < 1.29 is 9.90 Å². The predicted molar refractivity (Wildman–Crippen MR) is 61.9 cm³/mol. The van der Waals surface area contributed by atoms with Crippen LogP contribution in [0.2, 0.25) is 0 Å². The highest BCUT2D eigenvalue weighted by Gasteiger charge is 2.23. The highest BCUT2D eigenvalue weighted by atomic mass is 32.2. The summed E-state index contributed by atoms with van der Waals surface area (Å²) in [6.45, 7) is 2.00. The molecule has 0 radical (unpaired) electrons. The highest BCUT2D eigenvalue weighted by molar-refractivity contribution is 7.99. The number of nitrogens with zero attached hydrogens (tertiary/aromatic N) is 5. The van der Waals surface area contributed by atoms with Gasteiger partial charge in [-0.15, -0.1) is 5.10 Å². The Morgan fingerprint density at radius 3 is 3.18 bits per heavy atom. The van der Waals surface area contributed by atoms with Crippen molar-refractivity contribution in [2.45, 2.75) is 24.0 Å². The summed E-state index contributed by atoms with van der Waals surface area (Å²) in [5.74, 6) is -0.867. The second-order valence-corrected chi connectivity index (χ2v) is 5.09. The quantitative estimate of drug-likeness (QED) is 0.767. The minimum absolute atomic E-state index is 0.0110. The van der Waals surface area contributed by atoms with E-state index in [1.165, 1.54) is 11.8 Å². The Bertz CT molecular complexity index is 396. The number of carboxylic acid groups (broad SMARTS) is 1. The molecule has 2 heterocycles. The number of rotatable bonds is 4. The zero-order valence-corrected chi connectivity index (χ0v) is 10.4. The van der Waals surface area contributed by atoms with Gasteiger partial charge in [0.15, 0.2) is 0 Å². The van der Waals surface area contributed by atoms with Crippen LogP contribution in [0.4, 0.5) is 0 Å². The zero-order valence-electron chi connectivity index (χ0n) is 9.61. The largest absolute Gasteiger partial charge is 0.481 e. The number of likely N-dealkylation sites (N-methyl/N-ethyl adjacent to an activating group) is 1. The molecule has 0 spiro atoms. The number of likely N-dealkylation sites (tertiary alicyclic amines) is 1. The van der Waals surface area contributed by atoms with Crippen molar-refractivity contribution in [1.29, 1.82) is 0 Å². The van der Waals surface area contributed by atoms with E-state index in [9.17, 15) is 4.79 Å². The van der Waals surface area contributed by atoms with Crippen molar-refractivity contribution >= 4 is 17.7 Å². The number of hydrogen-bond acceptors (Lipinski definition) is 6. The first-order valence-corrected chi connectivity index (χ1v) is 6.46. The van der Waals surface area contributed by atoms with Crippen molar-refractivity contribution in [3.63, 3.8) is 0 Å². The fourth-order valence-corrected chi connectivity index (χ4v) is 2.64. The molecule has 1 aliphatic rings. The Kier molecular flexibility index (Phi) is 3.95. The average Bonchev–Trinajstić information content (AvgIpc) is 2.74. The number of carbonyl (C=O) groups is 1. The third-order valence-corrected chi connectivity index (χ3v) is 3.65. The monoisotopic (exact) mass is 257 g/mol. The van der Waals surface area contributed by atoms with Crippen LogP contribution in [0.1, 0.15) is 18.9 Å². The smallest absolute Gasteiger partial charge is 0.313 e. The SMILES string of the molecule is CN1CCCC(n2nnnc2SCC(=O)O)C1. The van der Waals surface area contributed by atoms with Crippen molar-refractivity contribution in [3.8, 4) is 0 Å². The van der Waals surface area contributed by atoms with Crippen LogP contribution in [0.5, 0.6) is 0 Å². The summed E-state index contributed by atoms with van der Waals surface area (Å²) in [5.41, 5.74) is 0. The van der Waals surface area contributed by atoms with Crippen LogP contribution >= 0.6 is 11.8 Å². The van der Waals surface area contributed by atoms with Crippen LogP contribution < -0.4 is 0 Å². The van der Waals surface area contributed by atoms with E-state index in [2.05, 4.69) is 27.5 Å². The molecule has 94 valence electrons. The summed E-state index contributed by atoms with van der Waals surface area (Å²) in [5, 5.41) is 20.7. The lowest BCUT2D eigenvalue weighted by atomic mass is 10.1. The van der Waals surface area contributed by atoms with Gasteiger partial charge < -0.3 is 10.0 Å². The molecule has 2 rings (SSSR count). The van der Waals surface area contributed by atoms with Gasteiger partial charge in [0.25, 0.3) is 0 Å². The standard InChI is InChI=1S/C9H15N5O2S/c1-13-4-2-3-7(5-13)14-9(10-11-12-14)17-6-8(15)16/h7H,2-6H2,1H3,(H,15,16). The van der Waals surface area contributed by atoms with Gasteiger partial charge in [0, 0.05) is 6.54 Å². The van der Waals surface area contributed by atoms with E-state index in [4.69, 9.17) is 5.11 Å². The third-order valence-electron chi connectivity index (χ3n) is 2.73. The lowest BCUT2D eigenvalue weighted by Crippen LogP contribution is -2.34. The summed E-state index contributed by atoms with van der Waals surface area (Å²) in [4.78, 5) is 12.8. The van der Waals surface area contributed by atoms with E-state index in [1.807, 2.05) is 0 Å². The summed E-state index contributed by atoms with van der Waals surface area (Å²) in [7, 11) is 2.07. The molecule has 1 aliphatic heterocycles. The molecule has 17 heavy (non-hydrogen) atoms. The molecule has 1 fully saturated rings. The van der Waals surface area contributed by atoms with Crippen molar-refractivity contribution in [2.75, 3.05) is 25.9 Å². The average molecular weight is 257 g/mol. The molecule has 0 aliphatic carbocycles. The first-order valence-electron chi connectivity index (χ1n) is 5.48. The molecule has 0 bridgehead atoms. The molecular weight excluding hydrogens is 242 g/mol. The van der Waals surface area contributed by atoms with Gasteiger partial charge in [0.2, 0.25) is 5.16 Å². The Labute approximate surface area is 103 Å². The number of piperidine rings is 1. The summed E-state index contributed by atoms with van der Waals surface area (Å²) in [6.07, 6.45) is 2.15. The van der Waals surface area contributed by atoms with Crippen LogP contribution in [-0.2, 0) is 4.79 Å². The topological polar surface area (TPSA) is 84.1 Å². The number of tetrazole rings is 1. The van der Waals surface area contributed by atoms with Gasteiger partial charge in [-0.1, -0.05) is 11.8 Å². The Balaban J connectivity index is 2.04. The lowest BCUT2D eigenvalue weighted by molar-refractivity contribution is -0.133. The minimum Gasteiger partial charge on any atom is -0.481 e. The number of hydrogen-bond donors (Lipinski definition) is 1. The number of aliphatic carboxylic acids is 1. The van der Waals surface area contributed by atoms with Crippen molar-refractivity contribution in [2.24, 2.45) is 0 Å². The zero-order chi connectivity index (χ0) is 12.3. The van der Waals surface area contributed by atoms with Gasteiger partial charge >= 0.3 is 5.97 Å². The molecular formula is C9H15N5O2S. The molecule has 1 unspecified atom stereocenters. The first kappa shape index (κ1) is 12.3. The molecule has 1 saturated heterocycles. The molecule has 7 nitrogen and oxygen atoms in total. The van der Waals surface area contributed by atoms with E-state index in [0.29, 0.717) is 5.16 Å². The fourth-order valence-electron chi connectivity index (χ4n) is 1.97. The summed E-state index contributed by atoms with van der Waals surface area (Å²) >= 11 is 1.17. The van der Waals surface area contributed by atoms with E-state index >= 15 is 0 Å². The van der Waals surface area contributed by atoms with Gasteiger partial charge in [-0.05, 0) is 36.9 Å².